The monoisotopic (exact) mass is 208 g/mol. The maximum Gasteiger partial charge on any atom is 0.354 e. The van der Waals surface area contributed by atoms with E-state index in [4.69, 9.17) is 5.11 Å². The summed E-state index contributed by atoms with van der Waals surface area (Å²) >= 11 is 0. The Morgan fingerprint density at radius 3 is 2.71 bits per heavy atom. The number of carbonyl (C=O) groups is 1. The van der Waals surface area contributed by atoms with Crippen LogP contribution in [0.2, 0.25) is 0 Å². The van der Waals surface area contributed by atoms with Crippen LogP contribution < -0.4 is 0 Å². The van der Waals surface area contributed by atoms with E-state index in [1.165, 1.54) is 0 Å². The van der Waals surface area contributed by atoms with Gasteiger partial charge in [0.25, 0.3) is 6.43 Å². The van der Waals surface area contributed by atoms with Crippen LogP contribution in [0.25, 0.3) is 0 Å². The molecular formula is C7H7F3N2O2. The first-order valence-corrected chi connectivity index (χ1v) is 3.69. The van der Waals surface area contributed by atoms with Crippen LogP contribution in [-0.4, -0.2) is 34.0 Å². The highest BCUT2D eigenvalue weighted by atomic mass is 19.3. The molecule has 1 aromatic heterocycles. The maximum atomic E-state index is 12.2. The highest BCUT2D eigenvalue weighted by molar-refractivity contribution is 5.85. The van der Waals surface area contributed by atoms with Gasteiger partial charge in [0.15, 0.2) is 0 Å². The summed E-state index contributed by atoms with van der Waals surface area (Å²) in [5.74, 6) is -1.42. The smallest absolute Gasteiger partial charge is 0.354 e. The van der Waals surface area contributed by atoms with Crippen molar-refractivity contribution in [3.63, 3.8) is 0 Å². The molecule has 1 unspecified atom stereocenters. The van der Waals surface area contributed by atoms with Crippen molar-refractivity contribution in [1.82, 2.24) is 9.78 Å². The Kier molecular flexibility index (Phi) is 3.10. The SMILES string of the molecule is O=C(O)c1ccnn1C(CF)C(F)F. The highest BCUT2D eigenvalue weighted by Gasteiger charge is 2.26. The van der Waals surface area contributed by atoms with E-state index < -0.39 is 30.8 Å². The van der Waals surface area contributed by atoms with Crippen LogP contribution in [0.3, 0.4) is 0 Å². The molecule has 0 spiro atoms. The molecule has 78 valence electrons. The second kappa shape index (κ2) is 4.12. The van der Waals surface area contributed by atoms with Gasteiger partial charge in [-0.2, -0.15) is 5.10 Å². The summed E-state index contributed by atoms with van der Waals surface area (Å²) in [6.07, 6.45) is -1.95. The number of carboxylic acids is 1. The molecule has 1 aromatic rings. The van der Waals surface area contributed by atoms with Crippen LogP contribution in [0.15, 0.2) is 12.3 Å². The van der Waals surface area contributed by atoms with E-state index in [0.717, 1.165) is 12.3 Å². The predicted octanol–water partition coefficient (Wildman–Crippen LogP) is 1.36. The Hall–Kier alpha value is -1.53. The van der Waals surface area contributed by atoms with Gasteiger partial charge in [-0.1, -0.05) is 0 Å². The van der Waals surface area contributed by atoms with E-state index in [-0.39, 0.29) is 0 Å². The normalized spacial score (nSPS) is 13.1. The molecule has 0 aromatic carbocycles. The summed E-state index contributed by atoms with van der Waals surface area (Å²) in [5.41, 5.74) is -0.451. The summed E-state index contributed by atoms with van der Waals surface area (Å²) in [6.45, 7) is -1.36. The predicted molar refractivity (Wildman–Crippen MR) is 40.2 cm³/mol. The lowest BCUT2D eigenvalue weighted by atomic mass is 10.3. The lowest BCUT2D eigenvalue weighted by molar-refractivity contribution is 0.0540. The molecule has 7 heteroatoms. The van der Waals surface area contributed by atoms with E-state index >= 15 is 0 Å². The van der Waals surface area contributed by atoms with Crippen LogP contribution in [0, 0.1) is 0 Å². The summed E-state index contributed by atoms with van der Waals surface area (Å²) in [6, 6.07) is -0.802. The Bertz CT molecular complexity index is 326. The van der Waals surface area contributed by atoms with E-state index in [9.17, 15) is 18.0 Å². The van der Waals surface area contributed by atoms with Gasteiger partial charge in [0.2, 0.25) is 0 Å². The first-order chi connectivity index (χ1) is 6.57. The van der Waals surface area contributed by atoms with Crippen LogP contribution in [0.1, 0.15) is 16.5 Å². The molecule has 0 saturated carbocycles. The third-order valence-corrected chi connectivity index (χ3v) is 1.65. The Morgan fingerprint density at radius 2 is 2.29 bits per heavy atom. The average Bonchev–Trinajstić information content (AvgIpc) is 2.53. The van der Waals surface area contributed by atoms with Gasteiger partial charge in [0.1, 0.15) is 18.4 Å². The maximum absolute atomic E-state index is 12.2. The number of aromatic carboxylic acids is 1. The Labute approximate surface area is 77.0 Å². The number of nitrogens with zero attached hydrogens (tertiary/aromatic N) is 2. The first-order valence-electron chi connectivity index (χ1n) is 3.69. The fourth-order valence-corrected chi connectivity index (χ4v) is 0.987. The van der Waals surface area contributed by atoms with E-state index in [1.807, 2.05) is 0 Å². The van der Waals surface area contributed by atoms with Crippen molar-refractivity contribution in [2.24, 2.45) is 0 Å². The second-order valence-electron chi connectivity index (χ2n) is 2.52. The zero-order valence-corrected chi connectivity index (χ0v) is 6.90. The van der Waals surface area contributed by atoms with E-state index in [1.54, 1.807) is 0 Å². The number of aromatic nitrogens is 2. The number of carboxylic acid groups (broad SMARTS) is 1. The Balaban J connectivity index is 3.03. The molecule has 0 fully saturated rings. The van der Waals surface area contributed by atoms with Gasteiger partial charge in [0, 0.05) is 6.20 Å². The number of halogens is 3. The third-order valence-electron chi connectivity index (χ3n) is 1.65. The van der Waals surface area contributed by atoms with Crippen molar-refractivity contribution in [2.45, 2.75) is 12.5 Å². The lowest BCUT2D eigenvalue weighted by Gasteiger charge is -2.13. The van der Waals surface area contributed by atoms with Gasteiger partial charge in [0.05, 0.1) is 0 Å². The van der Waals surface area contributed by atoms with Gasteiger partial charge in [-0.25, -0.2) is 22.6 Å². The molecule has 14 heavy (non-hydrogen) atoms. The number of alkyl halides is 3. The van der Waals surface area contributed by atoms with Gasteiger partial charge in [-0.15, -0.1) is 0 Å². The molecule has 1 atom stereocenters. The van der Waals surface area contributed by atoms with Crippen LogP contribution in [0.5, 0.6) is 0 Å². The minimum absolute atomic E-state index is 0.451. The fourth-order valence-electron chi connectivity index (χ4n) is 0.987. The van der Waals surface area contributed by atoms with Crippen LogP contribution in [-0.2, 0) is 0 Å². The molecule has 0 aliphatic carbocycles. The molecule has 1 heterocycles. The molecule has 1 N–H and O–H groups in total. The van der Waals surface area contributed by atoms with Crippen molar-refractivity contribution >= 4 is 5.97 Å². The number of hydrogen-bond acceptors (Lipinski definition) is 2. The van der Waals surface area contributed by atoms with E-state index in [0.29, 0.717) is 4.68 Å². The van der Waals surface area contributed by atoms with Gasteiger partial charge in [-0.3, -0.25) is 0 Å². The third kappa shape index (κ3) is 1.86. The standard InChI is InChI=1S/C7H7F3N2O2/c8-3-5(6(9)10)12-4(7(13)14)1-2-11-12/h1-2,5-6H,3H2,(H,13,14). The molecule has 1 rings (SSSR count). The fraction of sp³-hybridized carbons (Fsp3) is 0.429. The molecule has 0 aliphatic heterocycles. The van der Waals surface area contributed by atoms with Crippen molar-refractivity contribution in [1.29, 1.82) is 0 Å². The van der Waals surface area contributed by atoms with Crippen LogP contribution >= 0.6 is 0 Å². The lowest BCUT2D eigenvalue weighted by Crippen LogP contribution is -2.24. The molecular weight excluding hydrogens is 201 g/mol. The zero-order chi connectivity index (χ0) is 10.7. The van der Waals surface area contributed by atoms with Gasteiger partial charge in [-0.05, 0) is 6.07 Å². The van der Waals surface area contributed by atoms with Crippen molar-refractivity contribution in [3.05, 3.63) is 18.0 Å². The van der Waals surface area contributed by atoms with Gasteiger partial charge >= 0.3 is 5.97 Å². The topological polar surface area (TPSA) is 55.1 Å². The number of hydrogen-bond donors (Lipinski definition) is 1. The molecule has 0 aliphatic rings. The number of rotatable bonds is 4. The quantitative estimate of drug-likeness (QED) is 0.812. The molecule has 4 nitrogen and oxygen atoms in total. The summed E-state index contributed by atoms with van der Waals surface area (Å²) < 4.78 is 37.1. The minimum atomic E-state index is -2.99. The molecule has 0 amide bonds. The largest absolute Gasteiger partial charge is 0.477 e. The van der Waals surface area contributed by atoms with Crippen molar-refractivity contribution in [2.75, 3.05) is 6.67 Å². The van der Waals surface area contributed by atoms with Crippen LogP contribution in [0.4, 0.5) is 13.2 Å². The molecule has 0 saturated heterocycles. The van der Waals surface area contributed by atoms with E-state index in [2.05, 4.69) is 5.10 Å². The summed E-state index contributed by atoms with van der Waals surface area (Å²) in [5, 5.41) is 11.9. The highest BCUT2D eigenvalue weighted by Crippen LogP contribution is 2.18. The zero-order valence-electron chi connectivity index (χ0n) is 6.90. The Morgan fingerprint density at radius 1 is 1.64 bits per heavy atom. The first kappa shape index (κ1) is 10.6. The van der Waals surface area contributed by atoms with Gasteiger partial charge < -0.3 is 5.11 Å². The summed E-state index contributed by atoms with van der Waals surface area (Å²) in [4.78, 5) is 10.5. The average molecular weight is 208 g/mol. The molecule has 0 radical (unpaired) electrons. The van der Waals surface area contributed by atoms with Crippen molar-refractivity contribution < 1.29 is 23.1 Å². The second-order valence-corrected chi connectivity index (χ2v) is 2.52. The minimum Gasteiger partial charge on any atom is -0.477 e. The summed E-state index contributed by atoms with van der Waals surface area (Å²) in [7, 11) is 0. The van der Waals surface area contributed by atoms with Crippen molar-refractivity contribution in [3.8, 4) is 0 Å². The molecule has 0 bridgehead atoms.